The minimum Gasteiger partial charge on any atom is -0.508 e. The van der Waals surface area contributed by atoms with Gasteiger partial charge in [-0.15, -0.1) is 0 Å². The molecule has 0 aliphatic heterocycles. The summed E-state index contributed by atoms with van der Waals surface area (Å²) in [4.78, 5) is 37.2. The van der Waals surface area contributed by atoms with Crippen LogP contribution in [0.25, 0.3) is 0 Å². The fourth-order valence-corrected chi connectivity index (χ4v) is 3.50. The number of rotatable bonds is 12. The number of carboxylic acids is 1. The van der Waals surface area contributed by atoms with Crippen LogP contribution in [0.5, 0.6) is 5.75 Å². The van der Waals surface area contributed by atoms with Gasteiger partial charge in [0.05, 0.1) is 5.25 Å². The molecule has 0 unspecified atom stereocenters. The summed E-state index contributed by atoms with van der Waals surface area (Å²) in [6.45, 7) is 1.97. The first-order valence-electron chi connectivity index (χ1n) is 10.6. The molecule has 32 heavy (non-hydrogen) atoms. The van der Waals surface area contributed by atoms with Crippen LogP contribution < -0.4 is 10.6 Å². The Balaban J connectivity index is 2.03. The molecule has 0 bridgehead atoms. The maximum Gasteiger partial charge on any atom is 0.326 e. The molecule has 2 aromatic carbocycles. The normalized spacial score (nSPS) is 13.6. The SMILES string of the molecule is CCCC[C@H](NC(=O)[C@@H](S)Cc1ccccc1)C(=O)N[C@@H](Cc1ccc(O)cc1)C(=O)O. The van der Waals surface area contributed by atoms with Gasteiger partial charge in [-0.2, -0.15) is 12.6 Å². The summed E-state index contributed by atoms with van der Waals surface area (Å²) in [5.41, 5.74) is 1.61. The van der Waals surface area contributed by atoms with Gasteiger partial charge in [-0.25, -0.2) is 4.79 Å². The van der Waals surface area contributed by atoms with Crippen LogP contribution in [0.1, 0.15) is 37.3 Å². The molecule has 2 rings (SSSR count). The number of nitrogens with one attached hydrogen (secondary N) is 2. The van der Waals surface area contributed by atoms with Crippen molar-refractivity contribution >= 4 is 30.4 Å². The van der Waals surface area contributed by atoms with Gasteiger partial charge in [0.15, 0.2) is 0 Å². The van der Waals surface area contributed by atoms with Gasteiger partial charge in [-0.3, -0.25) is 9.59 Å². The van der Waals surface area contributed by atoms with Gasteiger partial charge in [0, 0.05) is 6.42 Å². The zero-order valence-electron chi connectivity index (χ0n) is 18.0. The van der Waals surface area contributed by atoms with E-state index in [0.29, 0.717) is 24.8 Å². The molecule has 0 aliphatic rings. The van der Waals surface area contributed by atoms with Crippen molar-refractivity contribution in [2.75, 3.05) is 0 Å². The van der Waals surface area contributed by atoms with Crippen molar-refractivity contribution in [2.45, 2.75) is 56.4 Å². The Kier molecular flexibility index (Phi) is 10.1. The summed E-state index contributed by atoms with van der Waals surface area (Å²) >= 11 is 4.39. The van der Waals surface area contributed by atoms with E-state index in [1.165, 1.54) is 12.1 Å². The summed E-state index contributed by atoms with van der Waals surface area (Å²) in [7, 11) is 0. The topological polar surface area (TPSA) is 116 Å². The van der Waals surface area contributed by atoms with Gasteiger partial charge in [0.25, 0.3) is 0 Å². The molecule has 4 N–H and O–H groups in total. The number of phenolic OH excluding ortho intramolecular Hbond substituents is 1. The molecule has 0 saturated heterocycles. The van der Waals surface area contributed by atoms with E-state index in [1.54, 1.807) is 12.1 Å². The van der Waals surface area contributed by atoms with Crippen LogP contribution in [0.2, 0.25) is 0 Å². The monoisotopic (exact) mass is 458 g/mol. The molecule has 0 aromatic heterocycles. The van der Waals surface area contributed by atoms with Gasteiger partial charge < -0.3 is 20.8 Å². The van der Waals surface area contributed by atoms with Crippen molar-refractivity contribution in [1.82, 2.24) is 10.6 Å². The van der Waals surface area contributed by atoms with Crippen LogP contribution in [0.3, 0.4) is 0 Å². The zero-order chi connectivity index (χ0) is 23.5. The van der Waals surface area contributed by atoms with Crippen LogP contribution in [-0.4, -0.2) is 45.3 Å². The highest BCUT2D eigenvalue weighted by molar-refractivity contribution is 7.81. The number of carboxylic acid groups (broad SMARTS) is 1. The number of unbranched alkanes of at least 4 members (excludes halogenated alkanes) is 1. The molecule has 0 radical (unpaired) electrons. The van der Waals surface area contributed by atoms with E-state index in [9.17, 15) is 24.6 Å². The van der Waals surface area contributed by atoms with Crippen molar-refractivity contribution in [3.8, 4) is 5.75 Å². The molecule has 2 amide bonds. The quantitative estimate of drug-likeness (QED) is 0.314. The Labute approximate surface area is 193 Å². The van der Waals surface area contributed by atoms with Crippen LogP contribution in [0.15, 0.2) is 54.6 Å². The maximum absolute atomic E-state index is 12.9. The standard InChI is InChI=1S/C24H30N2O5S/c1-2-3-9-19(25-23(29)21(32)15-16-7-5-4-6-8-16)22(28)26-20(24(30)31)14-17-10-12-18(27)13-11-17/h4-8,10-13,19-21,27,32H,2-3,9,14-15H2,1H3,(H,25,29)(H,26,28)(H,30,31)/t19-,20-,21-/m0/s1. The van der Waals surface area contributed by atoms with Gasteiger partial charge >= 0.3 is 5.97 Å². The van der Waals surface area contributed by atoms with E-state index in [-0.39, 0.29) is 18.1 Å². The highest BCUT2D eigenvalue weighted by Crippen LogP contribution is 2.13. The molecule has 8 heteroatoms. The summed E-state index contributed by atoms with van der Waals surface area (Å²) in [5, 5.41) is 23.6. The molecule has 2 aromatic rings. The van der Waals surface area contributed by atoms with E-state index in [2.05, 4.69) is 23.3 Å². The first kappa shape index (κ1) is 25.3. The number of aliphatic carboxylic acids is 1. The molecular formula is C24H30N2O5S. The molecule has 0 saturated carbocycles. The zero-order valence-corrected chi connectivity index (χ0v) is 18.9. The molecule has 0 heterocycles. The van der Waals surface area contributed by atoms with Gasteiger partial charge in [-0.1, -0.05) is 62.2 Å². The Hall–Kier alpha value is -3.00. The number of aromatic hydroxyl groups is 1. The summed E-state index contributed by atoms with van der Waals surface area (Å²) < 4.78 is 0. The minimum absolute atomic E-state index is 0.0546. The fraction of sp³-hybridized carbons (Fsp3) is 0.375. The minimum atomic E-state index is -1.18. The molecule has 7 nitrogen and oxygen atoms in total. The van der Waals surface area contributed by atoms with Crippen LogP contribution in [0, 0.1) is 0 Å². The smallest absolute Gasteiger partial charge is 0.326 e. The van der Waals surface area contributed by atoms with E-state index in [1.807, 2.05) is 37.3 Å². The third-order valence-electron chi connectivity index (χ3n) is 5.04. The number of carbonyl (C=O) groups is 3. The Bertz CT molecular complexity index is 889. The molecule has 172 valence electrons. The van der Waals surface area contributed by atoms with Crippen molar-refractivity contribution in [3.63, 3.8) is 0 Å². The number of hydrogen-bond donors (Lipinski definition) is 5. The lowest BCUT2D eigenvalue weighted by molar-refractivity contribution is -0.142. The lowest BCUT2D eigenvalue weighted by Crippen LogP contribution is -2.53. The van der Waals surface area contributed by atoms with E-state index >= 15 is 0 Å². The first-order chi connectivity index (χ1) is 15.3. The van der Waals surface area contributed by atoms with E-state index in [4.69, 9.17) is 0 Å². The van der Waals surface area contributed by atoms with Gasteiger partial charge in [-0.05, 0) is 36.1 Å². The Morgan fingerprint density at radius 3 is 2.06 bits per heavy atom. The summed E-state index contributed by atoms with van der Waals surface area (Å²) in [6.07, 6.45) is 2.38. The number of thiol groups is 1. The molecule has 0 spiro atoms. The lowest BCUT2D eigenvalue weighted by Gasteiger charge is -2.23. The second kappa shape index (κ2) is 12.8. The summed E-state index contributed by atoms with van der Waals surface area (Å²) in [5.74, 6) is -2.02. The van der Waals surface area contributed by atoms with Crippen molar-refractivity contribution in [2.24, 2.45) is 0 Å². The molecular weight excluding hydrogens is 428 g/mol. The third kappa shape index (κ3) is 8.26. The highest BCUT2D eigenvalue weighted by Gasteiger charge is 2.28. The van der Waals surface area contributed by atoms with Gasteiger partial charge in [0.2, 0.25) is 11.8 Å². The van der Waals surface area contributed by atoms with Crippen LogP contribution in [-0.2, 0) is 27.2 Å². The number of hydrogen-bond acceptors (Lipinski definition) is 5. The van der Waals surface area contributed by atoms with E-state index in [0.717, 1.165) is 12.0 Å². The summed E-state index contributed by atoms with van der Waals surface area (Å²) in [6, 6.07) is 13.6. The number of benzene rings is 2. The maximum atomic E-state index is 12.9. The largest absolute Gasteiger partial charge is 0.508 e. The van der Waals surface area contributed by atoms with Crippen molar-refractivity contribution in [1.29, 1.82) is 0 Å². The highest BCUT2D eigenvalue weighted by atomic mass is 32.1. The average molecular weight is 459 g/mol. The van der Waals surface area contributed by atoms with Crippen molar-refractivity contribution < 1.29 is 24.6 Å². The second-order valence-electron chi connectivity index (χ2n) is 7.68. The predicted octanol–water partition coefficient (Wildman–Crippen LogP) is 2.72. The molecule has 0 aliphatic carbocycles. The second-order valence-corrected chi connectivity index (χ2v) is 8.30. The van der Waals surface area contributed by atoms with E-state index < -0.39 is 29.2 Å². The number of phenols is 1. The predicted molar refractivity (Wildman–Crippen MR) is 126 cm³/mol. The number of amides is 2. The Morgan fingerprint density at radius 1 is 0.875 bits per heavy atom. The lowest BCUT2D eigenvalue weighted by atomic mass is 10.0. The van der Waals surface area contributed by atoms with Crippen LogP contribution >= 0.6 is 12.6 Å². The van der Waals surface area contributed by atoms with Gasteiger partial charge in [0.1, 0.15) is 17.8 Å². The molecule has 0 fully saturated rings. The first-order valence-corrected chi connectivity index (χ1v) is 11.1. The average Bonchev–Trinajstić information content (AvgIpc) is 2.77. The Morgan fingerprint density at radius 2 is 1.47 bits per heavy atom. The van der Waals surface area contributed by atoms with Crippen molar-refractivity contribution in [3.05, 3.63) is 65.7 Å². The fourth-order valence-electron chi connectivity index (χ4n) is 3.22. The third-order valence-corrected chi connectivity index (χ3v) is 5.46. The molecule has 3 atom stereocenters. The number of carbonyl (C=O) groups excluding carboxylic acids is 2. The van der Waals surface area contributed by atoms with Crippen LogP contribution in [0.4, 0.5) is 0 Å².